The molecule has 0 spiro atoms. The van der Waals surface area contributed by atoms with Crippen LogP contribution in [0.4, 0.5) is 4.39 Å². The van der Waals surface area contributed by atoms with Crippen LogP contribution in [0.5, 0.6) is 0 Å². The van der Waals surface area contributed by atoms with E-state index in [4.69, 9.17) is 0 Å². The number of halogens is 1. The van der Waals surface area contributed by atoms with Gasteiger partial charge in [0.05, 0.1) is 5.56 Å². The minimum absolute atomic E-state index is 0.174. The molecule has 1 aromatic carbocycles. The molecule has 0 atom stereocenters. The van der Waals surface area contributed by atoms with Crippen molar-refractivity contribution >= 4 is 5.91 Å². The lowest BCUT2D eigenvalue weighted by Crippen LogP contribution is -2.34. The van der Waals surface area contributed by atoms with Gasteiger partial charge in [-0.05, 0) is 31.4 Å². The molecule has 0 saturated heterocycles. The van der Waals surface area contributed by atoms with Crippen molar-refractivity contribution in [2.24, 2.45) is 5.92 Å². The molecule has 2 nitrogen and oxygen atoms in total. The Morgan fingerprint density at radius 2 is 2.06 bits per heavy atom. The van der Waals surface area contributed by atoms with Gasteiger partial charge in [0.25, 0.3) is 5.91 Å². The van der Waals surface area contributed by atoms with Crippen LogP contribution in [0.1, 0.15) is 36.7 Å². The minimum Gasteiger partial charge on any atom is -0.339 e. The van der Waals surface area contributed by atoms with Crippen molar-refractivity contribution in [1.29, 1.82) is 0 Å². The first-order valence-corrected chi connectivity index (χ1v) is 6.01. The topological polar surface area (TPSA) is 20.3 Å². The van der Waals surface area contributed by atoms with Crippen LogP contribution in [-0.4, -0.2) is 23.9 Å². The van der Waals surface area contributed by atoms with Crippen LogP contribution in [0.3, 0.4) is 0 Å². The van der Waals surface area contributed by atoms with Crippen molar-refractivity contribution in [2.45, 2.75) is 27.7 Å². The van der Waals surface area contributed by atoms with Crippen LogP contribution >= 0.6 is 0 Å². The number of benzene rings is 1. The number of hydrogen-bond acceptors (Lipinski definition) is 1. The summed E-state index contributed by atoms with van der Waals surface area (Å²) in [6.45, 7) is 8.93. The maximum Gasteiger partial charge on any atom is 0.256 e. The van der Waals surface area contributed by atoms with Crippen molar-refractivity contribution in [1.82, 2.24) is 4.90 Å². The predicted molar refractivity (Wildman–Crippen MR) is 67.6 cm³/mol. The van der Waals surface area contributed by atoms with Gasteiger partial charge in [-0.2, -0.15) is 0 Å². The number of amides is 1. The first-order chi connectivity index (χ1) is 7.97. The minimum atomic E-state index is -0.403. The predicted octanol–water partition coefficient (Wildman–Crippen LogP) is 3.25. The van der Waals surface area contributed by atoms with E-state index in [9.17, 15) is 9.18 Å². The Hall–Kier alpha value is -1.38. The van der Waals surface area contributed by atoms with E-state index in [2.05, 4.69) is 0 Å². The molecule has 0 saturated carbocycles. The molecule has 0 aliphatic rings. The van der Waals surface area contributed by atoms with Gasteiger partial charge in [0, 0.05) is 13.1 Å². The van der Waals surface area contributed by atoms with Crippen molar-refractivity contribution in [3.63, 3.8) is 0 Å². The van der Waals surface area contributed by atoms with Gasteiger partial charge in [0.2, 0.25) is 0 Å². The largest absolute Gasteiger partial charge is 0.339 e. The lowest BCUT2D eigenvalue weighted by atomic mass is 10.1. The molecular formula is C14H20FNO. The highest BCUT2D eigenvalue weighted by Crippen LogP contribution is 2.15. The zero-order valence-corrected chi connectivity index (χ0v) is 11.0. The van der Waals surface area contributed by atoms with E-state index in [1.165, 1.54) is 0 Å². The number of carbonyl (C=O) groups is 1. The summed E-state index contributed by atoms with van der Waals surface area (Å²) in [5.74, 6) is -0.242. The quantitative estimate of drug-likeness (QED) is 0.787. The summed E-state index contributed by atoms with van der Waals surface area (Å²) in [5, 5.41) is 0. The number of nitrogens with zero attached hydrogens (tertiary/aromatic N) is 1. The molecule has 94 valence electrons. The van der Waals surface area contributed by atoms with Crippen molar-refractivity contribution in [3.05, 3.63) is 35.1 Å². The standard InChI is InChI=1S/C14H20FNO/c1-5-16(9-10(2)3)14(17)12-8-6-7-11(4)13(12)15/h6-8,10H,5,9H2,1-4H3. The molecule has 0 unspecified atom stereocenters. The fraction of sp³-hybridized carbons (Fsp3) is 0.500. The Balaban J connectivity index is 2.98. The van der Waals surface area contributed by atoms with Gasteiger partial charge in [-0.25, -0.2) is 4.39 Å². The zero-order valence-electron chi connectivity index (χ0n) is 11.0. The normalized spacial score (nSPS) is 10.7. The van der Waals surface area contributed by atoms with Crippen LogP contribution < -0.4 is 0 Å². The van der Waals surface area contributed by atoms with E-state index in [0.717, 1.165) is 0 Å². The van der Waals surface area contributed by atoms with E-state index in [1.54, 1.807) is 30.0 Å². The third-order valence-electron chi connectivity index (χ3n) is 2.68. The van der Waals surface area contributed by atoms with Crippen LogP contribution in [0.2, 0.25) is 0 Å². The molecule has 1 amide bonds. The summed E-state index contributed by atoms with van der Waals surface area (Å²) in [6, 6.07) is 4.94. The number of hydrogen-bond donors (Lipinski definition) is 0. The summed E-state index contributed by atoms with van der Waals surface area (Å²) >= 11 is 0. The highest BCUT2D eigenvalue weighted by molar-refractivity contribution is 5.94. The molecule has 0 heterocycles. The van der Waals surface area contributed by atoms with E-state index < -0.39 is 5.82 Å². The van der Waals surface area contributed by atoms with Gasteiger partial charge in [-0.1, -0.05) is 26.0 Å². The van der Waals surface area contributed by atoms with E-state index in [1.807, 2.05) is 20.8 Å². The third kappa shape index (κ3) is 3.29. The molecule has 0 aliphatic carbocycles. The van der Waals surface area contributed by atoms with Crippen molar-refractivity contribution in [3.8, 4) is 0 Å². The smallest absolute Gasteiger partial charge is 0.256 e. The first-order valence-electron chi connectivity index (χ1n) is 6.01. The first kappa shape index (κ1) is 13.7. The molecule has 0 fully saturated rings. The van der Waals surface area contributed by atoms with Gasteiger partial charge in [0.15, 0.2) is 0 Å². The van der Waals surface area contributed by atoms with Gasteiger partial charge in [-0.3, -0.25) is 4.79 Å². The van der Waals surface area contributed by atoms with Crippen LogP contribution in [0.15, 0.2) is 18.2 Å². The lowest BCUT2D eigenvalue weighted by molar-refractivity contribution is 0.0741. The lowest BCUT2D eigenvalue weighted by Gasteiger charge is -2.23. The molecule has 1 rings (SSSR count). The van der Waals surface area contributed by atoms with Crippen LogP contribution in [0, 0.1) is 18.7 Å². The van der Waals surface area contributed by atoms with E-state index in [-0.39, 0.29) is 11.5 Å². The molecule has 0 radical (unpaired) electrons. The third-order valence-corrected chi connectivity index (χ3v) is 2.68. The van der Waals surface area contributed by atoms with Gasteiger partial charge < -0.3 is 4.90 Å². The molecule has 0 N–H and O–H groups in total. The van der Waals surface area contributed by atoms with Gasteiger partial charge in [-0.15, -0.1) is 0 Å². The van der Waals surface area contributed by atoms with Crippen LogP contribution in [-0.2, 0) is 0 Å². The highest BCUT2D eigenvalue weighted by atomic mass is 19.1. The van der Waals surface area contributed by atoms with E-state index in [0.29, 0.717) is 24.6 Å². The van der Waals surface area contributed by atoms with Crippen LogP contribution in [0.25, 0.3) is 0 Å². The Bertz CT molecular complexity index is 401. The monoisotopic (exact) mass is 237 g/mol. The van der Waals surface area contributed by atoms with Gasteiger partial charge >= 0.3 is 0 Å². The summed E-state index contributed by atoms with van der Waals surface area (Å²) in [7, 11) is 0. The Labute approximate surface area is 102 Å². The Kier molecular flexibility index (Phi) is 4.67. The van der Waals surface area contributed by atoms with Crippen molar-refractivity contribution in [2.75, 3.05) is 13.1 Å². The SMILES string of the molecule is CCN(CC(C)C)C(=O)c1cccc(C)c1F. The second-order valence-corrected chi connectivity index (χ2v) is 4.67. The Morgan fingerprint density at radius 1 is 1.41 bits per heavy atom. The maximum absolute atomic E-state index is 13.8. The average Bonchev–Trinajstić information content (AvgIpc) is 2.28. The molecule has 0 aromatic heterocycles. The van der Waals surface area contributed by atoms with Gasteiger partial charge in [0.1, 0.15) is 5.82 Å². The average molecular weight is 237 g/mol. The highest BCUT2D eigenvalue weighted by Gasteiger charge is 2.19. The summed E-state index contributed by atoms with van der Waals surface area (Å²) in [6.07, 6.45) is 0. The fourth-order valence-electron chi connectivity index (χ4n) is 1.78. The summed E-state index contributed by atoms with van der Waals surface area (Å²) in [4.78, 5) is 13.9. The number of aryl methyl sites for hydroxylation is 1. The second-order valence-electron chi connectivity index (χ2n) is 4.67. The fourth-order valence-corrected chi connectivity index (χ4v) is 1.78. The Morgan fingerprint density at radius 3 is 2.59 bits per heavy atom. The number of rotatable bonds is 4. The molecule has 0 aliphatic heterocycles. The number of carbonyl (C=O) groups excluding carboxylic acids is 1. The summed E-state index contributed by atoms with van der Waals surface area (Å²) < 4.78 is 13.8. The molecular weight excluding hydrogens is 217 g/mol. The molecule has 3 heteroatoms. The van der Waals surface area contributed by atoms with Crippen molar-refractivity contribution < 1.29 is 9.18 Å². The summed E-state index contributed by atoms with van der Waals surface area (Å²) in [5.41, 5.74) is 0.684. The second kappa shape index (κ2) is 5.80. The molecule has 1 aromatic rings. The molecule has 17 heavy (non-hydrogen) atoms. The zero-order chi connectivity index (χ0) is 13.0. The molecule has 0 bridgehead atoms. The van der Waals surface area contributed by atoms with E-state index >= 15 is 0 Å². The maximum atomic E-state index is 13.8.